The van der Waals surface area contributed by atoms with Gasteiger partial charge in [-0.25, -0.2) is 0 Å². The number of rotatable bonds is 9. The molecule has 0 aromatic heterocycles. The molecule has 0 aliphatic rings. The average molecular weight is 267 g/mol. The Balaban J connectivity index is 2.71. The van der Waals surface area contributed by atoms with Crippen molar-refractivity contribution in [3.8, 4) is 5.75 Å². The highest BCUT2D eigenvalue weighted by molar-refractivity contribution is 7.98. The second kappa shape index (κ2) is 9.29. The number of para-hydroxylation sites is 1. The van der Waals surface area contributed by atoms with Gasteiger partial charge in [-0.05, 0) is 31.7 Å². The van der Waals surface area contributed by atoms with Crippen molar-refractivity contribution in [1.82, 2.24) is 5.32 Å². The minimum Gasteiger partial charge on any atom is -0.492 e. The fraction of sp³-hybridized carbons (Fsp3) is 0.600. The molecule has 1 aromatic rings. The molecule has 0 bridgehead atoms. The predicted molar refractivity (Wildman–Crippen MR) is 81.6 cm³/mol. The van der Waals surface area contributed by atoms with Gasteiger partial charge in [-0.15, -0.1) is 0 Å². The fourth-order valence-electron chi connectivity index (χ4n) is 1.93. The first kappa shape index (κ1) is 15.4. The molecule has 1 rings (SSSR count). The number of nitrogens with one attached hydrogen (secondary N) is 1. The third-order valence-corrected chi connectivity index (χ3v) is 3.46. The van der Waals surface area contributed by atoms with Crippen LogP contribution in [0.2, 0.25) is 0 Å². The van der Waals surface area contributed by atoms with E-state index < -0.39 is 0 Å². The quantitative estimate of drug-likeness (QED) is 0.686. The van der Waals surface area contributed by atoms with Crippen LogP contribution < -0.4 is 10.1 Å². The largest absolute Gasteiger partial charge is 0.492 e. The van der Waals surface area contributed by atoms with E-state index in [0.29, 0.717) is 6.04 Å². The topological polar surface area (TPSA) is 21.3 Å². The highest BCUT2D eigenvalue weighted by atomic mass is 32.2. The highest BCUT2D eigenvalue weighted by Crippen LogP contribution is 2.27. The molecule has 0 radical (unpaired) electrons. The zero-order valence-electron chi connectivity index (χ0n) is 11.7. The molecule has 0 saturated carbocycles. The molecule has 0 heterocycles. The molecular formula is C15H25NOS. The van der Waals surface area contributed by atoms with Crippen molar-refractivity contribution in [1.29, 1.82) is 0 Å². The lowest BCUT2D eigenvalue weighted by Crippen LogP contribution is -2.22. The lowest BCUT2D eigenvalue weighted by molar-refractivity contribution is 0.334. The smallest absolute Gasteiger partial charge is 0.124 e. The van der Waals surface area contributed by atoms with E-state index in [1.54, 1.807) is 0 Å². The normalized spacial score (nSPS) is 12.4. The van der Waals surface area contributed by atoms with Crippen molar-refractivity contribution < 1.29 is 4.74 Å². The van der Waals surface area contributed by atoms with Gasteiger partial charge >= 0.3 is 0 Å². The maximum Gasteiger partial charge on any atom is 0.124 e. The molecule has 0 spiro atoms. The van der Waals surface area contributed by atoms with Crippen LogP contribution in [0.5, 0.6) is 5.75 Å². The van der Waals surface area contributed by atoms with Crippen LogP contribution in [0.3, 0.4) is 0 Å². The molecule has 1 N–H and O–H groups in total. The molecule has 18 heavy (non-hydrogen) atoms. The third-order valence-electron chi connectivity index (χ3n) is 2.89. The van der Waals surface area contributed by atoms with Crippen LogP contribution in [0, 0.1) is 0 Å². The van der Waals surface area contributed by atoms with Gasteiger partial charge in [0.15, 0.2) is 0 Å². The molecule has 0 saturated heterocycles. The standard InChI is InChI=1S/C15H25NOS/c1-4-10-16-14(5-2)13-8-6-7-9-15(13)17-11-12-18-3/h6-9,14,16H,4-5,10-12H2,1-3H3. The van der Waals surface area contributed by atoms with Crippen molar-refractivity contribution in [2.75, 3.05) is 25.2 Å². The Morgan fingerprint density at radius 3 is 2.72 bits per heavy atom. The minimum atomic E-state index is 0.399. The van der Waals surface area contributed by atoms with E-state index in [1.165, 1.54) is 5.56 Å². The summed E-state index contributed by atoms with van der Waals surface area (Å²) in [5.74, 6) is 2.06. The van der Waals surface area contributed by atoms with Crippen LogP contribution in [0.15, 0.2) is 24.3 Å². The van der Waals surface area contributed by atoms with Gasteiger partial charge in [0.05, 0.1) is 6.61 Å². The second-order valence-electron chi connectivity index (χ2n) is 4.29. The third kappa shape index (κ3) is 4.91. The van der Waals surface area contributed by atoms with E-state index in [1.807, 2.05) is 17.8 Å². The van der Waals surface area contributed by atoms with Crippen LogP contribution in [0.1, 0.15) is 38.3 Å². The first-order valence-electron chi connectivity index (χ1n) is 6.77. The molecule has 0 aliphatic carbocycles. The van der Waals surface area contributed by atoms with Gasteiger partial charge < -0.3 is 10.1 Å². The van der Waals surface area contributed by atoms with Gasteiger partial charge in [0, 0.05) is 17.4 Å². The van der Waals surface area contributed by atoms with Gasteiger partial charge in [0.1, 0.15) is 5.75 Å². The number of hydrogen-bond donors (Lipinski definition) is 1. The van der Waals surface area contributed by atoms with Gasteiger partial charge in [0.2, 0.25) is 0 Å². The lowest BCUT2D eigenvalue weighted by atomic mass is 10.0. The SMILES string of the molecule is CCCNC(CC)c1ccccc1OCCSC. The summed E-state index contributed by atoms with van der Waals surface area (Å²) in [6, 6.07) is 8.78. The summed E-state index contributed by atoms with van der Waals surface area (Å²) in [5.41, 5.74) is 1.29. The summed E-state index contributed by atoms with van der Waals surface area (Å²) >= 11 is 1.81. The summed E-state index contributed by atoms with van der Waals surface area (Å²) in [6.45, 7) is 6.24. The van der Waals surface area contributed by atoms with E-state index in [2.05, 4.69) is 43.6 Å². The van der Waals surface area contributed by atoms with Crippen molar-refractivity contribution in [3.63, 3.8) is 0 Å². The van der Waals surface area contributed by atoms with E-state index in [9.17, 15) is 0 Å². The van der Waals surface area contributed by atoms with Gasteiger partial charge in [0.25, 0.3) is 0 Å². The Hall–Kier alpha value is -0.670. The van der Waals surface area contributed by atoms with Crippen LogP contribution in [-0.2, 0) is 0 Å². The molecule has 1 atom stereocenters. The number of thioether (sulfide) groups is 1. The summed E-state index contributed by atoms with van der Waals surface area (Å²) in [7, 11) is 0. The van der Waals surface area contributed by atoms with Crippen molar-refractivity contribution in [2.45, 2.75) is 32.7 Å². The van der Waals surface area contributed by atoms with Gasteiger partial charge in [-0.3, -0.25) is 0 Å². The Kier molecular flexibility index (Phi) is 7.94. The predicted octanol–water partition coefficient (Wildman–Crippen LogP) is 3.88. The molecule has 3 heteroatoms. The zero-order chi connectivity index (χ0) is 13.2. The second-order valence-corrected chi connectivity index (χ2v) is 5.28. The Morgan fingerprint density at radius 2 is 2.06 bits per heavy atom. The van der Waals surface area contributed by atoms with Gasteiger partial charge in [-0.2, -0.15) is 11.8 Å². The molecule has 1 unspecified atom stereocenters. The number of benzene rings is 1. The molecule has 1 aromatic carbocycles. The fourth-order valence-corrected chi connectivity index (χ4v) is 2.18. The van der Waals surface area contributed by atoms with E-state index in [-0.39, 0.29) is 0 Å². The highest BCUT2D eigenvalue weighted by Gasteiger charge is 2.13. The lowest BCUT2D eigenvalue weighted by Gasteiger charge is -2.20. The minimum absolute atomic E-state index is 0.399. The first-order valence-corrected chi connectivity index (χ1v) is 8.16. The van der Waals surface area contributed by atoms with E-state index in [4.69, 9.17) is 4.74 Å². The monoisotopic (exact) mass is 267 g/mol. The molecular weight excluding hydrogens is 242 g/mol. The van der Waals surface area contributed by atoms with Crippen LogP contribution in [0.4, 0.5) is 0 Å². The van der Waals surface area contributed by atoms with Crippen molar-refractivity contribution >= 4 is 11.8 Å². The van der Waals surface area contributed by atoms with E-state index >= 15 is 0 Å². The average Bonchev–Trinajstić information content (AvgIpc) is 2.41. The number of ether oxygens (including phenoxy) is 1. The number of hydrogen-bond acceptors (Lipinski definition) is 3. The molecule has 0 amide bonds. The Bertz CT molecular complexity index is 330. The van der Waals surface area contributed by atoms with Crippen LogP contribution in [-0.4, -0.2) is 25.2 Å². The maximum absolute atomic E-state index is 5.88. The summed E-state index contributed by atoms with van der Waals surface area (Å²) in [4.78, 5) is 0. The van der Waals surface area contributed by atoms with Crippen molar-refractivity contribution in [3.05, 3.63) is 29.8 Å². The van der Waals surface area contributed by atoms with E-state index in [0.717, 1.165) is 37.5 Å². The maximum atomic E-state index is 5.88. The van der Waals surface area contributed by atoms with Crippen LogP contribution in [0.25, 0.3) is 0 Å². The Morgan fingerprint density at radius 1 is 1.28 bits per heavy atom. The summed E-state index contributed by atoms with van der Waals surface area (Å²) in [6.07, 6.45) is 4.35. The summed E-state index contributed by atoms with van der Waals surface area (Å²) in [5, 5.41) is 3.58. The zero-order valence-corrected chi connectivity index (χ0v) is 12.6. The molecule has 0 fully saturated rings. The van der Waals surface area contributed by atoms with Gasteiger partial charge in [-0.1, -0.05) is 32.0 Å². The first-order chi connectivity index (χ1) is 8.83. The molecule has 0 aliphatic heterocycles. The molecule has 102 valence electrons. The summed E-state index contributed by atoms with van der Waals surface area (Å²) < 4.78 is 5.88. The van der Waals surface area contributed by atoms with Crippen LogP contribution >= 0.6 is 11.8 Å². The Labute approximate surface area is 116 Å². The van der Waals surface area contributed by atoms with Crippen molar-refractivity contribution in [2.24, 2.45) is 0 Å². The molecule has 2 nitrogen and oxygen atoms in total.